The average molecular weight is 332 g/mol. The van der Waals surface area contributed by atoms with Gasteiger partial charge in [0.1, 0.15) is 5.82 Å². The number of nitrogens with one attached hydrogen (secondary N) is 1. The molecule has 1 saturated heterocycles. The van der Waals surface area contributed by atoms with Crippen molar-refractivity contribution in [1.82, 2.24) is 10.2 Å². The van der Waals surface area contributed by atoms with Crippen LogP contribution in [0.2, 0.25) is 0 Å². The quantitative estimate of drug-likeness (QED) is 0.922. The molecule has 1 saturated carbocycles. The van der Waals surface area contributed by atoms with Crippen LogP contribution in [0.5, 0.6) is 0 Å². The minimum atomic E-state index is -0.690. The maximum Gasteiger partial charge on any atom is 0.241 e. The van der Waals surface area contributed by atoms with Crippen molar-refractivity contribution in [2.24, 2.45) is 0 Å². The monoisotopic (exact) mass is 332 g/mol. The minimum Gasteiger partial charge on any atom is -0.346 e. The van der Waals surface area contributed by atoms with E-state index in [9.17, 15) is 14.0 Å². The van der Waals surface area contributed by atoms with E-state index >= 15 is 0 Å². The predicted molar refractivity (Wildman–Crippen MR) is 90.0 cm³/mol. The lowest BCUT2D eigenvalue weighted by atomic mass is 9.78. The molecule has 4 nitrogen and oxygen atoms in total. The fraction of sp³-hybridized carbons (Fsp3) is 0.579. The van der Waals surface area contributed by atoms with Gasteiger partial charge in [-0.1, -0.05) is 25.0 Å². The Hall–Kier alpha value is -1.91. The van der Waals surface area contributed by atoms with E-state index in [0.29, 0.717) is 12.8 Å². The van der Waals surface area contributed by atoms with Crippen molar-refractivity contribution >= 4 is 11.8 Å². The number of nitrogens with zero attached hydrogens (tertiary/aromatic N) is 1. The topological polar surface area (TPSA) is 49.4 Å². The molecule has 3 rings (SSSR count). The number of carbonyl (C=O) groups is 2. The van der Waals surface area contributed by atoms with Crippen LogP contribution < -0.4 is 5.32 Å². The summed E-state index contributed by atoms with van der Waals surface area (Å²) in [4.78, 5) is 27.0. The van der Waals surface area contributed by atoms with Crippen molar-refractivity contribution in [2.75, 3.05) is 19.6 Å². The first kappa shape index (κ1) is 16.9. The fourth-order valence-electron chi connectivity index (χ4n) is 3.99. The van der Waals surface area contributed by atoms with Crippen LogP contribution in [0.1, 0.15) is 50.5 Å². The number of halogens is 1. The number of carbonyl (C=O) groups excluding carboxylic acids is 2. The Kier molecular flexibility index (Phi) is 5.17. The van der Waals surface area contributed by atoms with E-state index in [2.05, 4.69) is 5.32 Å². The van der Waals surface area contributed by atoms with Crippen molar-refractivity contribution in [3.8, 4) is 0 Å². The summed E-state index contributed by atoms with van der Waals surface area (Å²) in [5, 5.41) is 2.83. The third-order valence-electron chi connectivity index (χ3n) is 5.38. The van der Waals surface area contributed by atoms with Gasteiger partial charge < -0.3 is 10.2 Å². The summed E-state index contributed by atoms with van der Waals surface area (Å²) in [5.74, 6) is -0.484. The third-order valence-corrected chi connectivity index (χ3v) is 5.38. The van der Waals surface area contributed by atoms with Gasteiger partial charge in [0.15, 0.2) is 0 Å². The largest absolute Gasteiger partial charge is 0.346 e. The summed E-state index contributed by atoms with van der Waals surface area (Å²) in [5.41, 5.74) is 0.0347. The Labute approximate surface area is 142 Å². The Balaban J connectivity index is 1.68. The normalized spacial score (nSPS) is 20.0. The molecule has 0 atom stereocenters. The highest BCUT2D eigenvalue weighted by molar-refractivity contribution is 5.91. The van der Waals surface area contributed by atoms with Gasteiger partial charge in [-0.2, -0.15) is 0 Å². The molecular weight excluding hydrogens is 307 g/mol. The number of rotatable bonds is 4. The molecule has 1 aliphatic heterocycles. The summed E-state index contributed by atoms with van der Waals surface area (Å²) in [6.45, 7) is 1.60. The maximum absolute atomic E-state index is 13.6. The van der Waals surface area contributed by atoms with Crippen LogP contribution in [0.15, 0.2) is 24.3 Å². The molecule has 1 aromatic rings. The Morgan fingerprint density at radius 1 is 1.08 bits per heavy atom. The number of piperidine rings is 1. The summed E-state index contributed by atoms with van der Waals surface area (Å²) < 4.78 is 13.6. The molecule has 5 heteroatoms. The van der Waals surface area contributed by atoms with Gasteiger partial charge in [-0.15, -0.1) is 0 Å². The first-order valence-corrected chi connectivity index (χ1v) is 8.94. The van der Waals surface area contributed by atoms with E-state index in [4.69, 9.17) is 0 Å². The number of likely N-dealkylation sites (tertiary alicyclic amines) is 1. The molecule has 0 unspecified atom stereocenters. The van der Waals surface area contributed by atoms with E-state index in [1.165, 1.54) is 18.6 Å². The van der Waals surface area contributed by atoms with Crippen LogP contribution in [0.3, 0.4) is 0 Å². The molecule has 0 bridgehead atoms. The second-order valence-corrected chi connectivity index (χ2v) is 6.92. The van der Waals surface area contributed by atoms with Crippen LogP contribution >= 0.6 is 0 Å². The molecule has 1 aliphatic carbocycles. The highest BCUT2D eigenvalue weighted by Crippen LogP contribution is 2.41. The zero-order valence-corrected chi connectivity index (χ0v) is 14.0. The molecule has 0 spiro atoms. The van der Waals surface area contributed by atoms with Gasteiger partial charge in [0.05, 0.1) is 12.0 Å². The summed E-state index contributed by atoms with van der Waals surface area (Å²) in [6, 6.07) is 6.32. The second kappa shape index (κ2) is 7.32. The standard InChI is InChI=1S/C19H25FN2O2/c20-16-8-6-7-15(13-16)19(9-2-3-10-19)18(24)21-14-17(23)22-11-4-1-5-12-22/h6-8,13H,1-5,9-12,14H2,(H,21,24). The summed E-state index contributed by atoms with van der Waals surface area (Å²) >= 11 is 0. The SMILES string of the molecule is O=C(CNC(=O)C1(c2cccc(F)c2)CCCC1)N1CCCCC1. The fourth-order valence-corrected chi connectivity index (χ4v) is 3.99. The van der Waals surface area contributed by atoms with Gasteiger partial charge in [-0.25, -0.2) is 4.39 Å². The number of hydrogen-bond donors (Lipinski definition) is 1. The molecular formula is C19H25FN2O2. The highest BCUT2D eigenvalue weighted by Gasteiger charge is 2.42. The van der Waals surface area contributed by atoms with Gasteiger partial charge in [0, 0.05) is 13.1 Å². The van der Waals surface area contributed by atoms with Gasteiger partial charge in [-0.3, -0.25) is 9.59 Å². The summed E-state index contributed by atoms with van der Waals surface area (Å²) in [6.07, 6.45) is 6.55. The van der Waals surface area contributed by atoms with Crippen LogP contribution in [-0.4, -0.2) is 36.3 Å². The van der Waals surface area contributed by atoms with E-state index in [1.54, 1.807) is 6.07 Å². The molecule has 1 aromatic carbocycles. The van der Waals surface area contributed by atoms with Crippen LogP contribution in [0.25, 0.3) is 0 Å². The van der Waals surface area contributed by atoms with Crippen LogP contribution in [0.4, 0.5) is 4.39 Å². The molecule has 1 heterocycles. The predicted octanol–water partition coefficient (Wildman–Crippen LogP) is 2.77. The van der Waals surface area contributed by atoms with E-state index in [-0.39, 0.29) is 24.2 Å². The van der Waals surface area contributed by atoms with Crippen molar-refractivity contribution in [1.29, 1.82) is 0 Å². The number of amides is 2. The molecule has 130 valence electrons. The second-order valence-electron chi connectivity index (χ2n) is 6.92. The lowest BCUT2D eigenvalue weighted by molar-refractivity contribution is -0.135. The van der Waals surface area contributed by atoms with E-state index in [1.807, 2.05) is 11.0 Å². The zero-order valence-electron chi connectivity index (χ0n) is 14.0. The maximum atomic E-state index is 13.6. The van der Waals surface area contributed by atoms with Crippen LogP contribution in [0, 0.1) is 5.82 Å². The molecule has 0 aromatic heterocycles. The Morgan fingerprint density at radius 2 is 1.79 bits per heavy atom. The van der Waals surface area contributed by atoms with Gasteiger partial charge in [-0.05, 0) is 49.8 Å². The molecule has 2 amide bonds. The lowest BCUT2D eigenvalue weighted by Gasteiger charge is -2.30. The molecule has 24 heavy (non-hydrogen) atoms. The van der Waals surface area contributed by atoms with Crippen molar-refractivity contribution in [2.45, 2.75) is 50.4 Å². The van der Waals surface area contributed by atoms with Crippen molar-refractivity contribution < 1.29 is 14.0 Å². The molecule has 1 N–H and O–H groups in total. The number of benzene rings is 1. The van der Waals surface area contributed by atoms with Gasteiger partial charge in [0.25, 0.3) is 0 Å². The first-order valence-electron chi connectivity index (χ1n) is 8.94. The highest BCUT2D eigenvalue weighted by atomic mass is 19.1. The average Bonchev–Trinajstić information content (AvgIpc) is 3.11. The smallest absolute Gasteiger partial charge is 0.241 e. The zero-order chi connectivity index (χ0) is 17.0. The van der Waals surface area contributed by atoms with Crippen molar-refractivity contribution in [3.63, 3.8) is 0 Å². The summed E-state index contributed by atoms with van der Waals surface area (Å²) in [7, 11) is 0. The van der Waals surface area contributed by atoms with E-state index in [0.717, 1.165) is 44.3 Å². The molecule has 2 aliphatic rings. The Bertz CT molecular complexity index is 605. The van der Waals surface area contributed by atoms with E-state index < -0.39 is 5.41 Å². The number of hydrogen-bond acceptors (Lipinski definition) is 2. The van der Waals surface area contributed by atoms with Gasteiger partial charge >= 0.3 is 0 Å². The Morgan fingerprint density at radius 3 is 2.46 bits per heavy atom. The van der Waals surface area contributed by atoms with Gasteiger partial charge in [0.2, 0.25) is 11.8 Å². The minimum absolute atomic E-state index is 0.0181. The molecule has 0 radical (unpaired) electrons. The third kappa shape index (κ3) is 3.45. The lowest BCUT2D eigenvalue weighted by Crippen LogP contribution is -2.48. The van der Waals surface area contributed by atoms with Crippen molar-refractivity contribution in [3.05, 3.63) is 35.6 Å². The first-order chi connectivity index (χ1) is 11.6. The van der Waals surface area contributed by atoms with Crippen LogP contribution in [-0.2, 0) is 15.0 Å². The molecule has 2 fully saturated rings.